The van der Waals surface area contributed by atoms with Gasteiger partial charge in [0.1, 0.15) is 0 Å². The van der Waals surface area contributed by atoms with Crippen LogP contribution in [0.4, 0.5) is 0 Å². The highest BCUT2D eigenvalue weighted by molar-refractivity contribution is 7.07. The maximum absolute atomic E-state index is 7.74. The van der Waals surface area contributed by atoms with Gasteiger partial charge in [-0.15, -0.1) is 11.3 Å². The normalized spacial score (nSPS) is 10.4. The van der Waals surface area contributed by atoms with Crippen molar-refractivity contribution in [3.63, 3.8) is 0 Å². The summed E-state index contributed by atoms with van der Waals surface area (Å²) < 4.78 is 1.89. The summed E-state index contributed by atoms with van der Waals surface area (Å²) >= 11 is 1.43. The topological polar surface area (TPSA) is 41.7 Å². The fourth-order valence-corrected chi connectivity index (χ4v) is 2.06. The van der Waals surface area contributed by atoms with Crippen LogP contribution in [0.15, 0.2) is 23.7 Å². The quantitative estimate of drug-likeness (QED) is 0.760. The summed E-state index contributed by atoms with van der Waals surface area (Å²) in [6.07, 6.45) is 1.80. The molecule has 0 unspecified atom stereocenters. The van der Waals surface area contributed by atoms with E-state index in [-0.39, 0.29) is 0 Å². The van der Waals surface area contributed by atoms with Gasteiger partial charge in [0.2, 0.25) is 0 Å². The smallest absolute Gasteiger partial charge is 0.186 e. The monoisotopic (exact) mass is 205 g/mol. The fraction of sp³-hybridized carbons (Fsp3) is 0.200. The van der Waals surface area contributed by atoms with Crippen LogP contribution in [0.1, 0.15) is 11.4 Å². The molecule has 1 N–H and O–H groups in total. The fourth-order valence-electron chi connectivity index (χ4n) is 1.32. The lowest BCUT2D eigenvalue weighted by molar-refractivity contribution is 0.923. The number of rotatable bonds is 1. The molecule has 0 aliphatic rings. The number of thiazole rings is 1. The van der Waals surface area contributed by atoms with E-state index in [1.54, 1.807) is 6.20 Å². The highest BCUT2D eigenvalue weighted by Crippen LogP contribution is 2.09. The van der Waals surface area contributed by atoms with Crippen LogP contribution in [0.3, 0.4) is 0 Å². The van der Waals surface area contributed by atoms with Gasteiger partial charge in [0.05, 0.1) is 11.9 Å². The summed E-state index contributed by atoms with van der Waals surface area (Å²) in [4.78, 5) is 4.75. The van der Waals surface area contributed by atoms with E-state index in [1.807, 2.05) is 35.9 Å². The predicted octanol–water partition coefficient (Wildman–Crippen LogP) is 2.03. The molecule has 0 saturated carbocycles. The molecule has 72 valence electrons. The second-order valence-electron chi connectivity index (χ2n) is 3.18. The minimum atomic E-state index is 0.535. The zero-order chi connectivity index (χ0) is 10.1. The summed E-state index contributed by atoms with van der Waals surface area (Å²) in [7, 11) is 0. The van der Waals surface area contributed by atoms with Gasteiger partial charge in [-0.2, -0.15) is 0 Å². The number of aryl methyl sites for hydroxylation is 2. The minimum absolute atomic E-state index is 0.535. The number of pyridine rings is 1. The van der Waals surface area contributed by atoms with E-state index in [4.69, 9.17) is 5.41 Å². The maximum atomic E-state index is 7.74. The van der Waals surface area contributed by atoms with Gasteiger partial charge in [-0.1, -0.05) is 0 Å². The SMILES string of the molecule is Cc1ccc(-n2c(C)csc2=N)cn1. The molecule has 0 atom stereocenters. The Kier molecular flexibility index (Phi) is 2.21. The van der Waals surface area contributed by atoms with Crippen molar-refractivity contribution in [3.8, 4) is 5.69 Å². The lowest BCUT2D eigenvalue weighted by Crippen LogP contribution is -2.12. The largest absolute Gasteiger partial charge is 0.289 e. The first-order valence-electron chi connectivity index (χ1n) is 4.33. The van der Waals surface area contributed by atoms with E-state index < -0.39 is 0 Å². The Labute approximate surface area is 86.2 Å². The summed E-state index contributed by atoms with van der Waals surface area (Å²) in [6.45, 7) is 3.95. The van der Waals surface area contributed by atoms with E-state index in [0.717, 1.165) is 17.1 Å². The number of hydrogen-bond donors (Lipinski definition) is 1. The molecule has 2 rings (SSSR count). The molecule has 2 aromatic rings. The molecule has 0 radical (unpaired) electrons. The molecule has 3 nitrogen and oxygen atoms in total. The summed E-state index contributed by atoms with van der Waals surface area (Å²) in [5.74, 6) is 0. The van der Waals surface area contributed by atoms with Crippen LogP contribution >= 0.6 is 11.3 Å². The first kappa shape index (κ1) is 9.15. The lowest BCUT2D eigenvalue weighted by atomic mass is 10.3. The molecule has 0 fully saturated rings. The summed E-state index contributed by atoms with van der Waals surface area (Å²) in [5.41, 5.74) is 3.03. The van der Waals surface area contributed by atoms with Gasteiger partial charge in [-0.25, -0.2) is 0 Å². The molecule has 14 heavy (non-hydrogen) atoms. The minimum Gasteiger partial charge on any atom is -0.289 e. The van der Waals surface area contributed by atoms with E-state index >= 15 is 0 Å². The lowest BCUT2D eigenvalue weighted by Gasteiger charge is -2.04. The first-order chi connectivity index (χ1) is 6.68. The molecule has 0 spiro atoms. The van der Waals surface area contributed by atoms with Crippen molar-refractivity contribution >= 4 is 11.3 Å². The van der Waals surface area contributed by atoms with E-state index in [9.17, 15) is 0 Å². The van der Waals surface area contributed by atoms with Crippen molar-refractivity contribution < 1.29 is 0 Å². The van der Waals surface area contributed by atoms with Gasteiger partial charge in [0.15, 0.2) is 4.80 Å². The number of nitrogens with zero attached hydrogens (tertiary/aromatic N) is 2. The van der Waals surface area contributed by atoms with Crippen LogP contribution in [0.2, 0.25) is 0 Å². The molecular weight excluding hydrogens is 194 g/mol. The van der Waals surface area contributed by atoms with Crippen molar-refractivity contribution in [3.05, 3.63) is 39.9 Å². The summed E-state index contributed by atoms with van der Waals surface area (Å²) in [5, 5.41) is 9.71. The Bertz CT molecular complexity index is 493. The van der Waals surface area contributed by atoms with Gasteiger partial charge in [0, 0.05) is 16.8 Å². The van der Waals surface area contributed by atoms with Crippen LogP contribution in [0.25, 0.3) is 5.69 Å². The third-order valence-electron chi connectivity index (χ3n) is 2.05. The molecule has 4 heteroatoms. The molecule has 0 aliphatic carbocycles. The van der Waals surface area contributed by atoms with E-state index in [1.165, 1.54) is 11.3 Å². The van der Waals surface area contributed by atoms with Crippen LogP contribution in [0, 0.1) is 19.3 Å². The average molecular weight is 205 g/mol. The Morgan fingerprint density at radius 3 is 2.64 bits per heavy atom. The maximum Gasteiger partial charge on any atom is 0.186 e. The van der Waals surface area contributed by atoms with E-state index in [0.29, 0.717) is 4.80 Å². The van der Waals surface area contributed by atoms with Crippen molar-refractivity contribution in [2.45, 2.75) is 13.8 Å². The Morgan fingerprint density at radius 2 is 2.14 bits per heavy atom. The highest BCUT2D eigenvalue weighted by Gasteiger charge is 2.02. The standard InChI is InChI=1S/C10H11N3S/c1-7-3-4-9(5-12-7)13-8(2)6-14-10(13)11/h3-6,11H,1-2H3. The van der Waals surface area contributed by atoms with Crippen molar-refractivity contribution in [2.24, 2.45) is 0 Å². The molecular formula is C10H11N3S. The first-order valence-corrected chi connectivity index (χ1v) is 5.21. The van der Waals surface area contributed by atoms with Gasteiger partial charge >= 0.3 is 0 Å². The Hall–Kier alpha value is -1.42. The van der Waals surface area contributed by atoms with Gasteiger partial charge in [0.25, 0.3) is 0 Å². The third-order valence-corrected chi connectivity index (χ3v) is 2.92. The molecule has 0 amide bonds. The zero-order valence-electron chi connectivity index (χ0n) is 8.11. The number of aromatic nitrogens is 2. The van der Waals surface area contributed by atoms with Crippen molar-refractivity contribution in [1.29, 1.82) is 5.41 Å². The zero-order valence-corrected chi connectivity index (χ0v) is 8.93. The summed E-state index contributed by atoms with van der Waals surface area (Å²) in [6, 6.07) is 3.94. The number of nitrogens with one attached hydrogen (secondary N) is 1. The second kappa shape index (κ2) is 3.38. The van der Waals surface area contributed by atoms with Crippen LogP contribution in [0.5, 0.6) is 0 Å². The molecule has 0 bridgehead atoms. The van der Waals surface area contributed by atoms with E-state index in [2.05, 4.69) is 4.98 Å². The van der Waals surface area contributed by atoms with Crippen LogP contribution in [-0.2, 0) is 0 Å². The number of hydrogen-bond acceptors (Lipinski definition) is 3. The molecule has 0 aromatic carbocycles. The average Bonchev–Trinajstić information content (AvgIpc) is 2.49. The Morgan fingerprint density at radius 1 is 1.36 bits per heavy atom. The van der Waals surface area contributed by atoms with Crippen molar-refractivity contribution in [1.82, 2.24) is 9.55 Å². The molecule has 2 heterocycles. The molecule has 0 saturated heterocycles. The highest BCUT2D eigenvalue weighted by atomic mass is 32.1. The Balaban J connectivity index is 2.60. The van der Waals surface area contributed by atoms with Gasteiger partial charge in [-0.05, 0) is 26.0 Å². The van der Waals surface area contributed by atoms with Crippen LogP contribution in [-0.4, -0.2) is 9.55 Å². The molecule has 2 aromatic heterocycles. The predicted molar refractivity (Wildman–Crippen MR) is 56.8 cm³/mol. The van der Waals surface area contributed by atoms with Gasteiger partial charge in [-0.3, -0.25) is 15.0 Å². The van der Waals surface area contributed by atoms with Crippen molar-refractivity contribution in [2.75, 3.05) is 0 Å². The van der Waals surface area contributed by atoms with Crippen LogP contribution < -0.4 is 4.80 Å². The molecule has 0 aliphatic heterocycles. The second-order valence-corrected chi connectivity index (χ2v) is 4.03. The van der Waals surface area contributed by atoms with Gasteiger partial charge < -0.3 is 0 Å². The third kappa shape index (κ3) is 1.48.